The quantitative estimate of drug-likeness (QED) is 0.664. The van der Waals surface area contributed by atoms with Gasteiger partial charge >= 0.3 is 0 Å². The predicted molar refractivity (Wildman–Crippen MR) is 69.0 cm³/mol. The van der Waals surface area contributed by atoms with Gasteiger partial charge < -0.3 is 10.5 Å². The van der Waals surface area contributed by atoms with Crippen molar-refractivity contribution in [2.75, 3.05) is 12.8 Å². The first-order chi connectivity index (χ1) is 8.28. The van der Waals surface area contributed by atoms with Gasteiger partial charge in [-0.3, -0.25) is 0 Å². The Hall–Kier alpha value is -1.75. The molecule has 0 fully saturated rings. The Morgan fingerprint density at radius 2 is 2.00 bits per heavy atom. The van der Waals surface area contributed by atoms with Gasteiger partial charge in [0.1, 0.15) is 5.82 Å². The molecule has 0 saturated heterocycles. The van der Waals surface area contributed by atoms with Crippen molar-refractivity contribution in [3.8, 4) is 5.88 Å². The smallest absolute Gasteiger partial charge is 0.219 e. The molecule has 5 heteroatoms. The van der Waals surface area contributed by atoms with Crippen LogP contribution in [0, 0.1) is 0 Å². The molecule has 1 heterocycles. The average Bonchev–Trinajstić information content (AvgIpc) is 2.37. The molecule has 4 nitrogen and oxygen atoms in total. The van der Waals surface area contributed by atoms with E-state index in [1.165, 1.54) is 17.3 Å². The van der Waals surface area contributed by atoms with E-state index < -0.39 is 0 Å². The summed E-state index contributed by atoms with van der Waals surface area (Å²) in [5.41, 5.74) is 6.88. The minimum absolute atomic E-state index is 0.424. The Morgan fingerprint density at radius 1 is 1.24 bits per heavy atom. The average molecular weight is 247 g/mol. The highest BCUT2D eigenvalue weighted by molar-refractivity contribution is 7.98. The van der Waals surface area contributed by atoms with E-state index in [-0.39, 0.29) is 0 Å². The second kappa shape index (κ2) is 5.54. The van der Waals surface area contributed by atoms with Gasteiger partial charge in [0.2, 0.25) is 5.88 Å². The van der Waals surface area contributed by atoms with Gasteiger partial charge in [-0.1, -0.05) is 42.1 Å². The van der Waals surface area contributed by atoms with E-state index in [0.717, 1.165) is 5.75 Å². The molecule has 0 aliphatic rings. The molecule has 0 aliphatic heterocycles. The van der Waals surface area contributed by atoms with Crippen molar-refractivity contribution in [2.24, 2.45) is 0 Å². The van der Waals surface area contributed by atoms with Crippen LogP contribution in [0.15, 0.2) is 41.6 Å². The van der Waals surface area contributed by atoms with Gasteiger partial charge in [-0.25, -0.2) is 4.98 Å². The van der Waals surface area contributed by atoms with Crippen molar-refractivity contribution < 1.29 is 4.74 Å². The van der Waals surface area contributed by atoms with Crippen molar-refractivity contribution in [1.82, 2.24) is 9.97 Å². The number of hydrogen-bond acceptors (Lipinski definition) is 5. The SMILES string of the molecule is COc1cc(N)nc(SCc2ccccc2)n1. The number of thioether (sulfide) groups is 1. The van der Waals surface area contributed by atoms with Crippen LogP contribution in [0.4, 0.5) is 5.82 Å². The van der Waals surface area contributed by atoms with E-state index in [2.05, 4.69) is 22.1 Å². The van der Waals surface area contributed by atoms with Crippen LogP contribution in [-0.2, 0) is 5.75 Å². The summed E-state index contributed by atoms with van der Waals surface area (Å²) in [5, 5.41) is 0.630. The van der Waals surface area contributed by atoms with E-state index in [0.29, 0.717) is 16.9 Å². The molecule has 0 bridgehead atoms. The summed E-state index contributed by atoms with van der Waals surface area (Å²) >= 11 is 1.53. The Bertz CT molecular complexity index is 490. The molecule has 2 rings (SSSR count). The van der Waals surface area contributed by atoms with Crippen LogP contribution in [-0.4, -0.2) is 17.1 Å². The van der Waals surface area contributed by atoms with E-state index >= 15 is 0 Å². The molecule has 88 valence electrons. The summed E-state index contributed by atoms with van der Waals surface area (Å²) in [6, 6.07) is 11.8. The van der Waals surface area contributed by atoms with Gasteiger partial charge in [0.05, 0.1) is 7.11 Å². The predicted octanol–water partition coefficient (Wildman–Crippen LogP) is 2.36. The minimum Gasteiger partial charge on any atom is -0.481 e. The van der Waals surface area contributed by atoms with Crippen molar-refractivity contribution >= 4 is 17.6 Å². The molecule has 2 N–H and O–H groups in total. The van der Waals surface area contributed by atoms with E-state index in [1.54, 1.807) is 13.2 Å². The van der Waals surface area contributed by atoms with Crippen LogP contribution < -0.4 is 10.5 Å². The third-order valence-corrected chi connectivity index (χ3v) is 3.04. The number of nitrogens with two attached hydrogens (primary N) is 1. The number of ether oxygens (including phenoxy) is 1. The highest BCUT2D eigenvalue weighted by Gasteiger charge is 2.03. The summed E-state index contributed by atoms with van der Waals surface area (Å²) in [7, 11) is 1.56. The van der Waals surface area contributed by atoms with Crippen molar-refractivity contribution in [1.29, 1.82) is 0 Å². The fourth-order valence-corrected chi connectivity index (χ4v) is 2.12. The summed E-state index contributed by atoms with van der Waals surface area (Å²) < 4.78 is 5.04. The van der Waals surface area contributed by atoms with Gasteiger partial charge in [0.25, 0.3) is 0 Å². The third-order valence-electron chi connectivity index (χ3n) is 2.12. The fraction of sp³-hybridized carbons (Fsp3) is 0.167. The van der Waals surface area contributed by atoms with Gasteiger partial charge in [-0.2, -0.15) is 4.98 Å². The molecule has 0 aliphatic carbocycles. The molecule has 0 atom stereocenters. The number of nitrogens with zero attached hydrogens (tertiary/aromatic N) is 2. The minimum atomic E-state index is 0.424. The van der Waals surface area contributed by atoms with Crippen LogP contribution in [0.2, 0.25) is 0 Å². The van der Waals surface area contributed by atoms with Crippen LogP contribution in [0.25, 0.3) is 0 Å². The highest BCUT2D eigenvalue weighted by Crippen LogP contribution is 2.22. The molecule has 1 aromatic carbocycles. The second-order valence-corrected chi connectivity index (χ2v) is 4.33. The number of anilines is 1. The topological polar surface area (TPSA) is 61.0 Å². The summed E-state index contributed by atoms with van der Waals surface area (Å²) in [4.78, 5) is 8.36. The molecule has 2 aromatic rings. The Balaban J connectivity index is 2.06. The first-order valence-corrected chi connectivity index (χ1v) is 6.12. The number of aromatic nitrogens is 2. The zero-order valence-electron chi connectivity index (χ0n) is 9.46. The van der Waals surface area contributed by atoms with Gasteiger partial charge in [-0.15, -0.1) is 0 Å². The molecule has 0 spiro atoms. The molecule has 1 aromatic heterocycles. The number of rotatable bonds is 4. The largest absolute Gasteiger partial charge is 0.481 e. The lowest BCUT2D eigenvalue weighted by Gasteiger charge is -2.04. The maximum Gasteiger partial charge on any atom is 0.219 e. The third kappa shape index (κ3) is 3.35. The molecule has 0 amide bonds. The van der Waals surface area contributed by atoms with Crippen LogP contribution in [0.1, 0.15) is 5.56 Å². The van der Waals surface area contributed by atoms with Crippen molar-refractivity contribution in [2.45, 2.75) is 10.9 Å². The van der Waals surface area contributed by atoms with Crippen LogP contribution >= 0.6 is 11.8 Å². The molecule has 0 unspecified atom stereocenters. The van der Waals surface area contributed by atoms with Gasteiger partial charge in [0.15, 0.2) is 5.16 Å². The molecular weight excluding hydrogens is 234 g/mol. The Labute approximate surface area is 104 Å². The second-order valence-electron chi connectivity index (χ2n) is 3.39. The monoisotopic (exact) mass is 247 g/mol. The van der Waals surface area contributed by atoms with Crippen LogP contribution in [0.3, 0.4) is 0 Å². The lowest BCUT2D eigenvalue weighted by Crippen LogP contribution is -1.97. The first-order valence-electron chi connectivity index (χ1n) is 5.13. The molecular formula is C12H13N3OS. The van der Waals surface area contributed by atoms with Crippen molar-refractivity contribution in [3.63, 3.8) is 0 Å². The molecule has 17 heavy (non-hydrogen) atoms. The Kier molecular flexibility index (Phi) is 3.82. The zero-order chi connectivity index (χ0) is 12.1. The number of nitrogen functional groups attached to an aromatic ring is 1. The summed E-state index contributed by atoms with van der Waals surface area (Å²) in [6.07, 6.45) is 0. The fourth-order valence-electron chi connectivity index (χ4n) is 1.31. The van der Waals surface area contributed by atoms with Crippen molar-refractivity contribution in [3.05, 3.63) is 42.0 Å². The number of methoxy groups -OCH3 is 1. The van der Waals surface area contributed by atoms with E-state index in [4.69, 9.17) is 10.5 Å². The van der Waals surface area contributed by atoms with E-state index in [9.17, 15) is 0 Å². The number of benzene rings is 1. The van der Waals surface area contributed by atoms with E-state index in [1.807, 2.05) is 18.2 Å². The number of hydrogen-bond donors (Lipinski definition) is 1. The highest BCUT2D eigenvalue weighted by atomic mass is 32.2. The first kappa shape index (κ1) is 11.7. The summed E-state index contributed by atoms with van der Waals surface area (Å²) in [5.74, 6) is 1.73. The standard InChI is InChI=1S/C12H13N3OS/c1-16-11-7-10(13)14-12(15-11)17-8-9-5-3-2-4-6-9/h2-7H,8H2,1H3,(H2,13,14,15). The lowest BCUT2D eigenvalue weighted by atomic mass is 10.2. The zero-order valence-corrected chi connectivity index (χ0v) is 10.3. The van der Waals surface area contributed by atoms with Crippen LogP contribution in [0.5, 0.6) is 5.88 Å². The van der Waals surface area contributed by atoms with Gasteiger partial charge in [-0.05, 0) is 5.56 Å². The maximum absolute atomic E-state index is 5.66. The van der Waals surface area contributed by atoms with Gasteiger partial charge in [0, 0.05) is 11.8 Å². The lowest BCUT2D eigenvalue weighted by molar-refractivity contribution is 0.393. The Morgan fingerprint density at radius 3 is 2.71 bits per heavy atom. The normalized spacial score (nSPS) is 10.2. The maximum atomic E-state index is 5.66. The molecule has 0 radical (unpaired) electrons. The summed E-state index contributed by atoms with van der Waals surface area (Å²) in [6.45, 7) is 0. The molecule has 0 saturated carbocycles.